The largest absolute Gasteiger partial charge is 0.507 e. The molecule has 1 aromatic carbocycles. The fourth-order valence-electron chi connectivity index (χ4n) is 1.54. The maximum absolute atomic E-state index is 11.4. The van der Waals surface area contributed by atoms with E-state index in [9.17, 15) is 9.90 Å². The molecule has 2 aromatic rings. The van der Waals surface area contributed by atoms with E-state index in [0.29, 0.717) is 21.5 Å². The number of carbonyl (C=O) groups excluding carboxylic acids is 1. The van der Waals surface area contributed by atoms with Crippen molar-refractivity contribution in [1.29, 1.82) is 0 Å². The lowest BCUT2D eigenvalue weighted by atomic mass is 10.1. The minimum atomic E-state index is -0.220. The van der Waals surface area contributed by atoms with Crippen LogP contribution in [0.5, 0.6) is 5.75 Å². The first-order chi connectivity index (χ1) is 9.08. The molecule has 98 valence electrons. The molecule has 1 N–H and O–H groups in total. The highest BCUT2D eigenvalue weighted by Crippen LogP contribution is 2.31. The zero-order valence-electron chi connectivity index (χ0n) is 10.1. The molecule has 0 amide bonds. The molecule has 19 heavy (non-hydrogen) atoms. The maximum Gasteiger partial charge on any atom is 0.187 e. The number of nitrogens with zero attached hydrogens (tertiary/aromatic N) is 2. The molecule has 0 fully saturated rings. The Morgan fingerprint density at radius 2 is 2.05 bits per heavy atom. The molecule has 0 saturated carbocycles. The van der Waals surface area contributed by atoms with Gasteiger partial charge in [-0.2, -0.15) is 0 Å². The number of hydrogen-bond donors (Lipinski definition) is 1. The van der Waals surface area contributed by atoms with Gasteiger partial charge in [0, 0.05) is 28.7 Å². The normalized spacial score (nSPS) is 10.4. The van der Waals surface area contributed by atoms with Crippen molar-refractivity contribution in [2.75, 3.05) is 0 Å². The van der Waals surface area contributed by atoms with Gasteiger partial charge in [-0.25, -0.2) is 9.97 Å². The van der Waals surface area contributed by atoms with Gasteiger partial charge in [0.15, 0.2) is 10.9 Å². The Kier molecular flexibility index (Phi) is 4.39. The van der Waals surface area contributed by atoms with Gasteiger partial charge in [-0.3, -0.25) is 4.79 Å². The molecular weight excluding hydrogens is 284 g/mol. The molecule has 0 atom stereocenters. The molecule has 0 saturated heterocycles. The van der Waals surface area contributed by atoms with Crippen molar-refractivity contribution < 1.29 is 9.90 Å². The van der Waals surface area contributed by atoms with Crippen molar-refractivity contribution in [2.45, 2.75) is 17.8 Å². The van der Waals surface area contributed by atoms with Crippen LogP contribution in [0, 0.1) is 0 Å². The molecule has 1 heterocycles. The van der Waals surface area contributed by atoms with Crippen LogP contribution in [0.1, 0.15) is 22.8 Å². The smallest absolute Gasteiger partial charge is 0.187 e. The van der Waals surface area contributed by atoms with Crippen molar-refractivity contribution in [3.05, 3.63) is 46.7 Å². The summed E-state index contributed by atoms with van der Waals surface area (Å²) in [6.45, 7) is 1.39. The van der Waals surface area contributed by atoms with Crippen LogP contribution in [-0.4, -0.2) is 20.9 Å². The highest BCUT2D eigenvalue weighted by atomic mass is 35.5. The summed E-state index contributed by atoms with van der Waals surface area (Å²) in [5.74, 6) is 0.194. The summed E-state index contributed by atoms with van der Waals surface area (Å²) in [5, 5.41) is 11.1. The quantitative estimate of drug-likeness (QED) is 0.532. The first-order valence-corrected chi connectivity index (χ1v) is 6.86. The number of phenolic OH excluding ortho intramolecular Hbond substituents is 1. The fraction of sp³-hybridized carbons (Fsp3) is 0.154. The van der Waals surface area contributed by atoms with Gasteiger partial charge in [0.25, 0.3) is 0 Å². The second-order valence-corrected chi connectivity index (χ2v) is 5.22. The SMILES string of the molecule is CC(=O)c1cc(Cl)cc(CSc2ncccn2)c1O. The Balaban J connectivity index is 2.23. The number of phenols is 1. The third-order valence-electron chi connectivity index (χ3n) is 2.43. The van der Waals surface area contributed by atoms with Crippen LogP contribution in [-0.2, 0) is 5.75 Å². The summed E-state index contributed by atoms with van der Waals surface area (Å²) < 4.78 is 0. The molecule has 0 bridgehead atoms. The Labute approximate surface area is 119 Å². The first kappa shape index (κ1) is 13.8. The standard InChI is InChI=1S/C13H11ClN2O2S/c1-8(17)11-6-10(14)5-9(12(11)18)7-19-13-15-3-2-4-16-13/h2-6,18H,7H2,1H3. The van der Waals surface area contributed by atoms with Gasteiger partial charge in [-0.05, 0) is 25.1 Å². The van der Waals surface area contributed by atoms with E-state index in [1.165, 1.54) is 24.8 Å². The molecule has 4 nitrogen and oxygen atoms in total. The fourth-order valence-corrected chi connectivity index (χ4v) is 2.55. The number of rotatable bonds is 4. The highest BCUT2D eigenvalue weighted by molar-refractivity contribution is 7.98. The van der Waals surface area contributed by atoms with Crippen molar-refractivity contribution in [3.63, 3.8) is 0 Å². The number of thioether (sulfide) groups is 1. The summed E-state index contributed by atoms with van der Waals surface area (Å²) in [5.41, 5.74) is 0.826. The summed E-state index contributed by atoms with van der Waals surface area (Å²) in [6.07, 6.45) is 3.29. The van der Waals surface area contributed by atoms with Crippen LogP contribution in [0.3, 0.4) is 0 Å². The Morgan fingerprint density at radius 1 is 1.37 bits per heavy atom. The van der Waals surface area contributed by atoms with Crippen LogP contribution in [0.15, 0.2) is 35.7 Å². The van der Waals surface area contributed by atoms with Crippen LogP contribution in [0.4, 0.5) is 0 Å². The van der Waals surface area contributed by atoms with Gasteiger partial charge < -0.3 is 5.11 Å². The number of carbonyl (C=O) groups is 1. The van der Waals surface area contributed by atoms with Gasteiger partial charge in [0.05, 0.1) is 5.56 Å². The number of halogens is 1. The van der Waals surface area contributed by atoms with E-state index in [1.807, 2.05) is 0 Å². The molecule has 0 unspecified atom stereocenters. The summed E-state index contributed by atoms with van der Waals surface area (Å²) in [7, 11) is 0. The molecule has 2 rings (SSSR count). The molecule has 0 aliphatic rings. The number of ketones is 1. The molecule has 1 aromatic heterocycles. The molecule has 0 radical (unpaired) electrons. The van der Waals surface area contributed by atoms with Gasteiger partial charge >= 0.3 is 0 Å². The molecule has 0 aliphatic carbocycles. The number of Topliss-reactive ketones (excluding diaryl/α,β-unsaturated/α-hetero) is 1. The van der Waals surface area contributed by atoms with Crippen LogP contribution in [0.25, 0.3) is 0 Å². The van der Waals surface area contributed by atoms with Crippen LogP contribution >= 0.6 is 23.4 Å². The predicted octanol–water partition coefficient (Wildman–Crippen LogP) is 3.33. The van der Waals surface area contributed by atoms with Crippen molar-refractivity contribution in [1.82, 2.24) is 9.97 Å². The molecule has 0 spiro atoms. The van der Waals surface area contributed by atoms with Crippen molar-refractivity contribution in [2.24, 2.45) is 0 Å². The Hall–Kier alpha value is -1.59. The van der Waals surface area contributed by atoms with E-state index in [-0.39, 0.29) is 17.1 Å². The van der Waals surface area contributed by atoms with E-state index in [0.717, 1.165) is 0 Å². The van der Waals surface area contributed by atoms with Crippen LogP contribution in [0.2, 0.25) is 5.02 Å². The molecule has 0 aliphatic heterocycles. The summed E-state index contributed by atoms with van der Waals surface area (Å²) in [4.78, 5) is 19.5. The number of aromatic nitrogens is 2. The number of hydrogen-bond acceptors (Lipinski definition) is 5. The third kappa shape index (κ3) is 3.45. The lowest BCUT2D eigenvalue weighted by molar-refractivity contribution is 0.101. The minimum absolute atomic E-state index is 0.0275. The predicted molar refractivity (Wildman–Crippen MR) is 74.7 cm³/mol. The zero-order valence-corrected chi connectivity index (χ0v) is 11.7. The van der Waals surface area contributed by atoms with Crippen molar-refractivity contribution >= 4 is 29.1 Å². The monoisotopic (exact) mass is 294 g/mol. The Morgan fingerprint density at radius 3 is 2.68 bits per heavy atom. The van der Waals surface area contributed by atoms with E-state index in [2.05, 4.69) is 9.97 Å². The van der Waals surface area contributed by atoms with Gasteiger partial charge in [-0.1, -0.05) is 23.4 Å². The lowest BCUT2D eigenvalue weighted by Gasteiger charge is -2.08. The van der Waals surface area contributed by atoms with E-state index < -0.39 is 0 Å². The summed E-state index contributed by atoms with van der Waals surface area (Å²) in [6, 6.07) is 4.83. The topological polar surface area (TPSA) is 63.1 Å². The number of aromatic hydroxyl groups is 1. The van der Waals surface area contributed by atoms with Gasteiger partial charge in [-0.15, -0.1) is 0 Å². The van der Waals surface area contributed by atoms with Crippen molar-refractivity contribution in [3.8, 4) is 5.75 Å². The first-order valence-electron chi connectivity index (χ1n) is 5.50. The second kappa shape index (κ2) is 6.04. The zero-order chi connectivity index (χ0) is 13.8. The number of benzene rings is 1. The summed E-state index contributed by atoms with van der Waals surface area (Å²) >= 11 is 7.31. The maximum atomic E-state index is 11.4. The highest BCUT2D eigenvalue weighted by Gasteiger charge is 2.13. The third-order valence-corrected chi connectivity index (χ3v) is 3.57. The van der Waals surface area contributed by atoms with E-state index in [4.69, 9.17) is 11.6 Å². The van der Waals surface area contributed by atoms with E-state index in [1.54, 1.807) is 24.5 Å². The minimum Gasteiger partial charge on any atom is -0.507 e. The molecular formula is C13H11ClN2O2S. The van der Waals surface area contributed by atoms with E-state index >= 15 is 0 Å². The second-order valence-electron chi connectivity index (χ2n) is 3.84. The van der Waals surface area contributed by atoms with Gasteiger partial charge in [0.2, 0.25) is 0 Å². The van der Waals surface area contributed by atoms with Crippen LogP contribution < -0.4 is 0 Å². The average Bonchev–Trinajstić information content (AvgIpc) is 2.40. The van der Waals surface area contributed by atoms with Gasteiger partial charge in [0.1, 0.15) is 5.75 Å². The lowest BCUT2D eigenvalue weighted by Crippen LogP contribution is -1.96. The molecule has 6 heteroatoms. The Bertz CT molecular complexity index is 605. The average molecular weight is 295 g/mol.